The Labute approximate surface area is 91.8 Å². The van der Waals surface area contributed by atoms with Gasteiger partial charge in [-0.05, 0) is 22.6 Å². The zero-order valence-electron chi connectivity index (χ0n) is 6.80. The van der Waals surface area contributed by atoms with Crippen LogP contribution in [-0.2, 0) is 0 Å². The summed E-state index contributed by atoms with van der Waals surface area (Å²) in [5, 5.41) is 0. The fourth-order valence-electron chi connectivity index (χ4n) is 0.920. The number of carbonyl (C=O) groups excluding carboxylic acids is 1. The molecule has 1 rings (SSSR count). The van der Waals surface area contributed by atoms with E-state index in [0.29, 0.717) is 0 Å². The Morgan fingerprint density at radius 2 is 2.14 bits per heavy atom. The second-order valence-electron chi connectivity index (χ2n) is 2.45. The van der Waals surface area contributed by atoms with E-state index in [1.54, 1.807) is 22.6 Å². The van der Waals surface area contributed by atoms with Crippen LogP contribution in [0, 0.1) is 3.70 Å². The fourth-order valence-corrected chi connectivity index (χ4v) is 1.59. The first-order valence-electron chi connectivity index (χ1n) is 3.47. The third-order valence-corrected chi connectivity index (χ3v) is 2.45. The summed E-state index contributed by atoms with van der Waals surface area (Å²) in [4.78, 5) is 14.4. The maximum absolute atomic E-state index is 12.5. The van der Waals surface area contributed by atoms with E-state index in [4.69, 9.17) is 11.5 Å². The van der Waals surface area contributed by atoms with Crippen LogP contribution in [0.15, 0.2) is 6.20 Å². The van der Waals surface area contributed by atoms with Gasteiger partial charge in [-0.1, -0.05) is 0 Å². The minimum Gasteiger partial charge on any atom is -0.398 e. The first-order valence-corrected chi connectivity index (χ1v) is 4.54. The van der Waals surface area contributed by atoms with Gasteiger partial charge < -0.3 is 11.5 Å². The summed E-state index contributed by atoms with van der Waals surface area (Å²) < 4.78 is 25.0. The van der Waals surface area contributed by atoms with Crippen molar-refractivity contribution in [3.8, 4) is 0 Å². The number of nitrogens with zero attached hydrogens (tertiary/aromatic N) is 1. The van der Waals surface area contributed by atoms with Crippen LogP contribution in [0.4, 0.5) is 14.5 Å². The summed E-state index contributed by atoms with van der Waals surface area (Å²) >= 11 is 1.62. The highest BCUT2D eigenvalue weighted by Crippen LogP contribution is 2.30. The lowest BCUT2D eigenvalue weighted by Crippen LogP contribution is -2.16. The Balaban J connectivity index is 3.41. The second kappa shape index (κ2) is 4.03. The molecular weight excluding hydrogens is 307 g/mol. The van der Waals surface area contributed by atoms with Crippen molar-refractivity contribution in [1.29, 1.82) is 0 Å². The van der Waals surface area contributed by atoms with Gasteiger partial charge in [0, 0.05) is 6.20 Å². The predicted octanol–water partition coefficient (Wildman–Crippen LogP) is 1.30. The number of hydrogen-bond donors (Lipinski definition) is 2. The zero-order chi connectivity index (χ0) is 10.9. The number of primary amides is 1. The number of rotatable bonds is 2. The van der Waals surface area contributed by atoms with E-state index in [0.717, 1.165) is 6.20 Å². The monoisotopic (exact) mass is 313 g/mol. The van der Waals surface area contributed by atoms with Gasteiger partial charge in [-0.15, -0.1) is 0 Å². The van der Waals surface area contributed by atoms with Crippen LogP contribution in [0.5, 0.6) is 0 Å². The average Bonchev–Trinajstić information content (AvgIpc) is 2.02. The summed E-state index contributed by atoms with van der Waals surface area (Å²) in [6.45, 7) is 0. The molecule has 7 heteroatoms. The normalized spacial score (nSPS) is 10.6. The molecule has 0 saturated heterocycles. The molecule has 1 heterocycles. The smallest absolute Gasteiger partial charge is 0.268 e. The van der Waals surface area contributed by atoms with Gasteiger partial charge in [0.1, 0.15) is 3.70 Å². The first-order chi connectivity index (χ1) is 6.45. The van der Waals surface area contributed by atoms with Gasteiger partial charge in [0.05, 0.1) is 16.8 Å². The molecule has 0 aliphatic rings. The Morgan fingerprint density at radius 3 is 2.57 bits per heavy atom. The minimum absolute atomic E-state index is 0.0695. The number of amides is 1. The molecule has 0 aromatic carbocycles. The highest BCUT2D eigenvalue weighted by molar-refractivity contribution is 14.1. The van der Waals surface area contributed by atoms with Crippen molar-refractivity contribution in [2.45, 2.75) is 6.43 Å². The number of pyridine rings is 1. The summed E-state index contributed by atoms with van der Waals surface area (Å²) in [7, 11) is 0. The van der Waals surface area contributed by atoms with Crippen molar-refractivity contribution < 1.29 is 13.6 Å². The van der Waals surface area contributed by atoms with Crippen LogP contribution in [0.25, 0.3) is 0 Å². The van der Waals surface area contributed by atoms with Gasteiger partial charge in [0.25, 0.3) is 12.3 Å². The maximum Gasteiger partial charge on any atom is 0.268 e. The summed E-state index contributed by atoms with van der Waals surface area (Å²) in [5.74, 6) is -0.867. The number of hydrogen-bond acceptors (Lipinski definition) is 3. The molecule has 0 atom stereocenters. The molecule has 14 heavy (non-hydrogen) atoms. The molecule has 0 radical (unpaired) electrons. The van der Waals surface area contributed by atoms with Crippen LogP contribution >= 0.6 is 22.6 Å². The molecule has 0 saturated carbocycles. The first kappa shape index (κ1) is 11.1. The van der Waals surface area contributed by atoms with Gasteiger partial charge in [-0.3, -0.25) is 4.79 Å². The lowest BCUT2D eigenvalue weighted by molar-refractivity contribution is 0.100. The molecule has 0 aliphatic carbocycles. The summed E-state index contributed by atoms with van der Waals surface area (Å²) in [5.41, 5.74) is 9.37. The van der Waals surface area contributed by atoms with Crippen LogP contribution < -0.4 is 11.5 Å². The van der Waals surface area contributed by atoms with E-state index in [1.807, 2.05) is 0 Å². The summed E-state index contributed by atoms with van der Waals surface area (Å²) in [6, 6.07) is 0. The Morgan fingerprint density at radius 1 is 1.57 bits per heavy atom. The highest BCUT2D eigenvalue weighted by Gasteiger charge is 2.20. The van der Waals surface area contributed by atoms with Gasteiger partial charge in [0.2, 0.25) is 0 Å². The molecule has 0 aliphatic heterocycles. The van der Waals surface area contributed by atoms with E-state index in [1.165, 1.54) is 0 Å². The lowest BCUT2D eigenvalue weighted by atomic mass is 10.1. The quantitative estimate of drug-likeness (QED) is 0.638. The Bertz CT molecular complexity index is 383. The molecule has 1 aromatic heterocycles. The fraction of sp³-hybridized carbons (Fsp3) is 0.143. The molecule has 76 valence electrons. The van der Waals surface area contributed by atoms with Gasteiger partial charge in [-0.2, -0.15) is 0 Å². The molecule has 1 amide bonds. The summed E-state index contributed by atoms with van der Waals surface area (Å²) in [6.07, 6.45) is -1.68. The number of nitrogens with two attached hydrogens (primary N) is 2. The van der Waals surface area contributed by atoms with Crippen molar-refractivity contribution >= 4 is 34.2 Å². The van der Waals surface area contributed by atoms with Crippen LogP contribution in [0.1, 0.15) is 22.3 Å². The standard InChI is InChI=1S/C7H6F2IN3O/c8-5(9)3-4(11)2(7(12)14)1-13-6(3)10/h1,5H,(H2,11,13)(H2,12,14). The molecular formula is C7H6F2IN3O. The molecule has 0 fully saturated rings. The van der Waals surface area contributed by atoms with Crippen molar-refractivity contribution in [2.75, 3.05) is 5.73 Å². The number of anilines is 1. The molecule has 4 N–H and O–H groups in total. The van der Waals surface area contributed by atoms with E-state index in [-0.39, 0.29) is 15.0 Å². The number of halogens is 3. The lowest BCUT2D eigenvalue weighted by Gasteiger charge is -2.08. The predicted molar refractivity (Wildman–Crippen MR) is 54.8 cm³/mol. The third-order valence-electron chi connectivity index (χ3n) is 1.59. The van der Waals surface area contributed by atoms with Crippen molar-refractivity contribution in [2.24, 2.45) is 5.73 Å². The second-order valence-corrected chi connectivity index (χ2v) is 3.48. The Hall–Kier alpha value is -0.990. The van der Waals surface area contributed by atoms with Crippen LogP contribution in [-0.4, -0.2) is 10.9 Å². The van der Waals surface area contributed by atoms with E-state index < -0.39 is 17.9 Å². The molecule has 0 unspecified atom stereocenters. The number of nitrogen functional groups attached to an aromatic ring is 1. The number of aromatic nitrogens is 1. The SMILES string of the molecule is NC(=O)c1cnc(I)c(C(F)F)c1N. The van der Waals surface area contributed by atoms with Gasteiger partial charge >= 0.3 is 0 Å². The van der Waals surface area contributed by atoms with Crippen molar-refractivity contribution in [3.05, 3.63) is 21.0 Å². The number of carbonyl (C=O) groups is 1. The number of alkyl halides is 2. The largest absolute Gasteiger partial charge is 0.398 e. The topological polar surface area (TPSA) is 82.0 Å². The molecule has 4 nitrogen and oxygen atoms in total. The minimum atomic E-state index is -2.77. The van der Waals surface area contributed by atoms with E-state index in [2.05, 4.69) is 4.98 Å². The average molecular weight is 313 g/mol. The zero-order valence-corrected chi connectivity index (χ0v) is 8.96. The van der Waals surface area contributed by atoms with Crippen LogP contribution in [0.2, 0.25) is 0 Å². The van der Waals surface area contributed by atoms with E-state index in [9.17, 15) is 13.6 Å². The third kappa shape index (κ3) is 1.91. The molecule has 0 spiro atoms. The highest BCUT2D eigenvalue weighted by atomic mass is 127. The van der Waals surface area contributed by atoms with Gasteiger partial charge in [-0.25, -0.2) is 13.8 Å². The van der Waals surface area contributed by atoms with Crippen molar-refractivity contribution in [3.63, 3.8) is 0 Å². The molecule has 1 aromatic rings. The molecule has 0 bridgehead atoms. The van der Waals surface area contributed by atoms with Crippen molar-refractivity contribution in [1.82, 2.24) is 4.98 Å². The van der Waals surface area contributed by atoms with Crippen LogP contribution in [0.3, 0.4) is 0 Å². The van der Waals surface area contributed by atoms with E-state index >= 15 is 0 Å². The Kier molecular flexibility index (Phi) is 3.19. The maximum atomic E-state index is 12.5. The van der Waals surface area contributed by atoms with Gasteiger partial charge in [0.15, 0.2) is 0 Å².